The highest BCUT2D eigenvalue weighted by Crippen LogP contribution is 2.38. The fourth-order valence-corrected chi connectivity index (χ4v) is 5.10. The number of carbonyl (C=O) groups excluding carboxylic acids is 1. The molecule has 0 N–H and O–H groups in total. The van der Waals surface area contributed by atoms with E-state index in [0.29, 0.717) is 36.3 Å². The molecule has 208 valence electrons. The van der Waals surface area contributed by atoms with Gasteiger partial charge in [0.1, 0.15) is 11.6 Å². The fourth-order valence-electron chi connectivity index (χ4n) is 4.42. The second-order valence-electron chi connectivity index (χ2n) is 9.16. The number of benzene rings is 2. The number of anilines is 1. The monoisotopic (exact) mass is 566 g/mol. The molecule has 0 bridgehead atoms. The summed E-state index contributed by atoms with van der Waals surface area (Å²) in [6.45, 7) is 0.422. The van der Waals surface area contributed by atoms with Crippen LogP contribution in [-0.2, 0) is 20.8 Å². The van der Waals surface area contributed by atoms with Crippen LogP contribution in [0.1, 0.15) is 35.2 Å². The molecule has 7 nitrogen and oxygen atoms in total. The van der Waals surface area contributed by atoms with Crippen LogP contribution in [-0.4, -0.2) is 51.9 Å². The van der Waals surface area contributed by atoms with Gasteiger partial charge in [0, 0.05) is 41.8 Å². The molecule has 4 rings (SSSR count). The summed E-state index contributed by atoms with van der Waals surface area (Å²) >= 11 is 0. The van der Waals surface area contributed by atoms with Crippen LogP contribution in [0.4, 0.5) is 23.2 Å². The van der Waals surface area contributed by atoms with Gasteiger partial charge < -0.3 is 14.4 Å². The van der Waals surface area contributed by atoms with Gasteiger partial charge in [0.15, 0.2) is 9.84 Å². The molecule has 0 saturated carbocycles. The van der Waals surface area contributed by atoms with Crippen LogP contribution >= 0.6 is 0 Å². The third-order valence-electron chi connectivity index (χ3n) is 6.36. The molecule has 1 amide bonds. The van der Waals surface area contributed by atoms with Gasteiger partial charge in [-0.2, -0.15) is 13.2 Å². The average molecular weight is 567 g/mol. The second-order valence-corrected chi connectivity index (χ2v) is 11.2. The summed E-state index contributed by atoms with van der Waals surface area (Å²) in [5.41, 5.74) is -0.711. The number of hydrogen-bond donors (Lipinski definition) is 0. The Hall–Kier alpha value is -3.51. The number of nitrogens with zero attached hydrogens (tertiary/aromatic N) is 2. The topological polar surface area (TPSA) is 85.8 Å². The first kappa shape index (κ1) is 28.5. The summed E-state index contributed by atoms with van der Waals surface area (Å²) in [7, 11) is -2.73. The molecule has 0 aliphatic carbocycles. The average Bonchev–Trinajstić information content (AvgIpc) is 2.90. The maximum absolute atomic E-state index is 14.0. The predicted molar refractivity (Wildman–Crippen MR) is 136 cm³/mol. The van der Waals surface area contributed by atoms with Crippen molar-refractivity contribution in [2.75, 3.05) is 31.4 Å². The van der Waals surface area contributed by atoms with Crippen molar-refractivity contribution in [2.45, 2.75) is 36.4 Å². The number of sulfone groups is 1. The number of methoxy groups -OCH3 is 1. The lowest BCUT2D eigenvalue weighted by atomic mass is 10.0. The van der Waals surface area contributed by atoms with E-state index in [-0.39, 0.29) is 18.0 Å². The largest absolute Gasteiger partial charge is 0.496 e. The van der Waals surface area contributed by atoms with Crippen LogP contribution in [0.2, 0.25) is 0 Å². The minimum atomic E-state index is -4.89. The van der Waals surface area contributed by atoms with Crippen LogP contribution in [0.25, 0.3) is 11.1 Å². The van der Waals surface area contributed by atoms with E-state index < -0.39 is 49.9 Å². The summed E-state index contributed by atoms with van der Waals surface area (Å²) < 4.78 is 90.6. The molecule has 1 unspecified atom stereocenters. The number of hydrogen-bond acceptors (Lipinski definition) is 6. The Morgan fingerprint density at radius 3 is 2.54 bits per heavy atom. The van der Waals surface area contributed by atoms with E-state index in [0.717, 1.165) is 25.2 Å². The first-order valence-electron chi connectivity index (χ1n) is 12.0. The zero-order chi connectivity index (χ0) is 28.4. The van der Waals surface area contributed by atoms with Crippen LogP contribution in [0, 0.1) is 5.82 Å². The van der Waals surface area contributed by atoms with Crippen molar-refractivity contribution in [3.05, 3.63) is 71.8 Å². The number of pyridine rings is 1. The smallest absolute Gasteiger partial charge is 0.416 e. The molecule has 0 spiro atoms. The van der Waals surface area contributed by atoms with Gasteiger partial charge in [-0.25, -0.2) is 12.8 Å². The Labute approximate surface area is 223 Å². The van der Waals surface area contributed by atoms with Crippen molar-refractivity contribution in [1.82, 2.24) is 4.98 Å². The fraction of sp³-hybridized carbons (Fsp3) is 0.333. The molecule has 1 atom stereocenters. The van der Waals surface area contributed by atoms with Crippen LogP contribution in [0.15, 0.2) is 59.8 Å². The summed E-state index contributed by atoms with van der Waals surface area (Å²) in [5, 5.41) is 0. The quantitative estimate of drug-likeness (QED) is 0.350. The maximum Gasteiger partial charge on any atom is 0.416 e. The van der Waals surface area contributed by atoms with E-state index in [9.17, 15) is 30.8 Å². The molecule has 1 fully saturated rings. The lowest BCUT2D eigenvalue weighted by Gasteiger charge is -2.31. The van der Waals surface area contributed by atoms with Crippen molar-refractivity contribution in [2.24, 2.45) is 0 Å². The summed E-state index contributed by atoms with van der Waals surface area (Å²) in [6.07, 6.45) is 0.540. The van der Waals surface area contributed by atoms with Crippen LogP contribution in [0.3, 0.4) is 0 Å². The van der Waals surface area contributed by atoms with E-state index in [1.165, 1.54) is 42.6 Å². The molecule has 0 radical (unpaired) electrons. The number of halogens is 4. The normalized spacial score (nSPS) is 16.1. The molecular formula is C27H26F4N2O5S. The van der Waals surface area contributed by atoms with Crippen LogP contribution in [0.5, 0.6) is 5.75 Å². The Morgan fingerprint density at radius 2 is 1.90 bits per heavy atom. The summed E-state index contributed by atoms with van der Waals surface area (Å²) in [5.74, 6) is -1.26. The van der Waals surface area contributed by atoms with Gasteiger partial charge in [0.2, 0.25) is 0 Å². The van der Waals surface area contributed by atoms with Gasteiger partial charge in [-0.05, 0) is 55.7 Å². The van der Waals surface area contributed by atoms with Crippen molar-refractivity contribution < 1.29 is 40.2 Å². The number of ether oxygens (including phenoxy) is 2. The first-order valence-corrected chi connectivity index (χ1v) is 13.9. The molecule has 1 aliphatic rings. The maximum atomic E-state index is 14.0. The molecule has 39 heavy (non-hydrogen) atoms. The molecule has 1 aliphatic heterocycles. The van der Waals surface area contributed by atoms with Gasteiger partial charge in [-0.3, -0.25) is 9.78 Å². The van der Waals surface area contributed by atoms with Gasteiger partial charge in [0.05, 0.1) is 42.1 Å². The van der Waals surface area contributed by atoms with Gasteiger partial charge in [0.25, 0.3) is 5.91 Å². The van der Waals surface area contributed by atoms with E-state index in [1.807, 2.05) is 0 Å². The van der Waals surface area contributed by atoms with E-state index in [2.05, 4.69) is 4.98 Å². The Bertz CT molecular complexity index is 1470. The predicted octanol–water partition coefficient (Wildman–Crippen LogP) is 5.53. The minimum Gasteiger partial charge on any atom is -0.496 e. The molecule has 1 saturated heterocycles. The van der Waals surface area contributed by atoms with E-state index >= 15 is 0 Å². The molecule has 2 heterocycles. The minimum absolute atomic E-state index is 0.0362. The van der Waals surface area contributed by atoms with Gasteiger partial charge >= 0.3 is 6.18 Å². The number of carbonyl (C=O) groups is 1. The number of alkyl halides is 3. The van der Waals surface area contributed by atoms with E-state index in [1.54, 1.807) is 6.07 Å². The van der Waals surface area contributed by atoms with Crippen molar-refractivity contribution in [1.29, 1.82) is 0 Å². The third-order valence-corrected chi connectivity index (χ3v) is 7.45. The molecular weight excluding hydrogens is 540 g/mol. The highest BCUT2D eigenvalue weighted by atomic mass is 32.2. The molecule has 3 aromatic rings. The van der Waals surface area contributed by atoms with Crippen molar-refractivity contribution >= 4 is 21.4 Å². The molecule has 1 aromatic heterocycles. The van der Waals surface area contributed by atoms with Crippen molar-refractivity contribution in [3.8, 4) is 16.9 Å². The highest BCUT2D eigenvalue weighted by Gasteiger charge is 2.34. The SMILES string of the molecule is COc1cc(F)ccc1-c1ccncc1N(CC1CCCCO1)C(=O)c1cc(C(F)(F)F)cc(S(C)(=O)=O)c1. The Balaban J connectivity index is 1.89. The van der Waals surface area contributed by atoms with Gasteiger partial charge in [-0.15, -0.1) is 0 Å². The van der Waals surface area contributed by atoms with Crippen molar-refractivity contribution in [3.63, 3.8) is 0 Å². The first-order chi connectivity index (χ1) is 18.4. The zero-order valence-corrected chi connectivity index (χ0v) is 22.0. The molecule has 12 heteroatoms. The number of amides is 1. The Morgan fingerprint density at radius 1 is 1.13 bits per heavy atom. The van der Waals surface area contributed by atoms with Crippen LogP contribution < -0.4 is 9.64 Å². The highest BCUT2D eigenvalue weighted by molar-refractivity contribution is 7.90. The number of aromatic nitrogens is 1. The number of rotatable bonds is 7. The van der Waals surface area contributed by atoms with Gasteiger partial charge in [-0.1, -0.05) is 0 Å². The standard InChI is InChI=1S/C27H26F4N2O5S/c1-37-25-14-19(28)6-7-23(25)22-8-9-32-15-24(22)33(16-20-5-3-4-10-38-20)26(34)17-11-18(27(29,30)31)13-21(12-17)39(2,35)36/h6-9,11-15,20H,3-5,10,16H2,1-2H3. The molecule has 2 aromatic carbocycles. The lowest BCUT2D eigenvalue weighted by Crippen LogP contribution is -2.40. The summed E-state index contributed by atoms with van der Waals surface area (Å²) in [4.78, 5) is 18.7. The second kappa shape index (κ2) is 11.3. The zero-order valence-electron chi connectivity index (χ0n) is 21.2. The summed E-state index contributed by atoms with van der Waals surface area (Å²) in [6, 6.07) is 7.46. The Kier molecular flexibility index (Phi) is 8.26. The third kappa shape index (κ3) is 6.56. The van der Waals surface area contributed by atoms with E-state index in [4.69, 9.17) is 9.47 Å². The lowest BCUT2D eigenvalue weighted by molar-refractivity contribution is -0.137.